The normalized spacial score (nSPS) is 34.8. The van der Waals surface area contributed by atoms with Crippen LogP contribution in [0.1, 0.15) is 41.5 Å². The minimum absolute atomic E-state index is 0.0373. The maximum atomic E-state index is 6.01. The second kappa shape index (κ2) is 2.76. The molecule has 0 N–H and O–H groups in total. The number of epoxide rings is 1. The molecule has 1 nitrogen and oxygen atoms in total. The zero-order chi connectivity index (χ0) is 11.5. The molecule has 1 aliphatic heterocycles. The van der Waals surface area contributed by atoms with Crippen molar-refractivity contribution in [3.63, 3.8) is 0 Å². The minimum atomic E-state index is -0.0373. The van der Waals surface area contributed by atoms with Crippen LogP contribution in [0.5, 0.6) is 0 Å². The lowest BCUT2D eigenvalue weighted by atomic mass is 9.70. The van der Waals surface area contributed by atoms with Crippen molar-refractivity contribution in [2.24, 2.45) is 10.8 Å². The Labute approximate surface area is 93.2 Å². The topological polar surface area (TPSA) is 12.5 Å². The van der Waals surface area contributed by atoms with Crippen LogP contribution in [0.4, 0.5) is 0 Å². The molecule has 1 aliphatic carbocycles. The van der Waals surface area contributed by atoms with Crippen molar-refractivity contribution in [1.29, 1.82) is 0 Å². The molecule has 0 saturated carbocycles. The molecule has 84 valence electrons. The van der Waals surface area contributed by atoms with E-state index in [1.54, 1.807) is 0 Å². The number of hydrogen-bond donors (Lipinski definition) is 0. The lowest BCUT2D eigenvalue weighted by Crippen LogP contribution is -2.34. The summed E-state index contributed by atoms with van der Waals surface area (Å²) in [6.07, 6.45) is 6.92. The maximum absolute atomic E-state index is 6.01. The Morgan fingerprint density at radius 2 is 1.73 bits per heavy atom. The minimum Gasteiger partial charge on any atom is -0.356 e. The van der Waals surface area contributed by atoms with Crippen LogP contribution in [0, 0.1) is 10.8 Å². The summed E-state index contributed by atoms with van der Waals surface area (Å²) in [5.74, 6) is 0. The van der Waals surface area contributed by atoms with Gasteiger partial charge in [-0.05, 0) is 22.5 Å². The fourth-order valence-electron chi connectivity index (χ4n) is 2.43. The highest BCUT2D eigenvalue weighted by Gasteiger charge is 2.64. The van der Waals surface area contributed by atoms with Gasteiger partial charge in [0.2, 0.25) is 0 Å². The van der Waals surface area contributed by atoms with E-state index in [0.717, 1.165) is 0 Å². The van der Waals surface area contributed by atoms with Gasteiger partial charge in [-0.1, -0.05) is 53.7 Å². The van der Waals surface area contributed by atoms with Gasteiger partial charge in [0.05, 0.1) is 0 Å². The summed E-state index contributed by atoms with van der Waals surface area (Å²) in [6.45, 7) is 13.5. The fraction of sp³-hybridized carbons (Fsp3) is 0.714. The second-order valence-corrected chi connectivity index (χ2v) is 6.77. The van der Waals surface area contributed by atoms with Crippen LogP contribution >= 0.6 is 0 Å². The molecule has 2 atom stereocenters. The molecular weight excluding hydrogens is 184 g/mol. The molecule has 15 heavy (non-hydrogen) atoms. The molecule has 0 aromatic rings. The highest BCUT2D eigenvalue weighted by atomic mass is 16.6. The molecule has 1 heterocycles. The van der Waals surface area contributed by atoms with E-state index in [4.69, 9.17) is 4.74 Å². The lowest BCUT2D eigenvalue weighted by Gasteiger charge is -2.30. The van der Waals surface area contributed by atoms with Crippen molar-refractivity contribution in [3.8, 4) is 0 Å². The molecule has 0 amide bonds. The molecule has 0 aromatic carbocycles. The third-order valence-corrected chi connectivity index (χ3v) is 3.59. The first-order valence-electron chi connectivity index (χ1n) is 5.76. The van der Waals surface area contributed by atoms with Gasteiger partial charge in [0, 0.05) is 0 Å². The van der Waals surface area contributed by atoms with Gasteiger partial charge in [-0.15, -0.1) is 0 Å². The van der Waals surface area contributed by atoms with E-state index in [2.05, 4.69) is 59.8 Å². The Hall–Kier alpha value is -0.560. The summed E-state index contributed by atoms with van der Waals surface area (Å²) < 4.78 is 6.01. The van der Waals surface area contributed by atoms with Crippen molar-refractivity contribution in [3.05, 3.63) is 23.8 Å². The maximum Gasteiger partial charge on any atom is 0.122 e. The molecule has 0 spiro atoms. The van der Waals surface area contributed by atoms with Gasteiger partial charge in [0.1, 0.15) is 11.7 Å². The number of hydrogen-bond acceptors (Lipinski definition) is 1. The van der Waals surface area contributed by atoms with Gasteiger partial charge in [0.15, 0.2) is 0 Å². The number of rotatable bonds is 0. The molecule has 0 aromatic heterocycles. The molecule has 1 saturated heterocycles. The van der Waals surface area contributed by atoms with Crippen LogP contribution in [0.2, 0.25) is 0 Å². The summed E-state index contributed by atoms with van der Waals surface area (Å²) >= 11 is 0. The van der Waals surface area contributed by atoms with Crippen LogP contribution in [-0.4, -0.2) is 11.7 Å². The molecular formula is C14H22O. The highest BCUT2D eigenvalue weighted by molar-refractivity contribution is 5.42. The van der Waals surface area contributed by atoms with Crippen LogP contribution in [0.15, 0.2) is 23.8 Å². The Bertz CT molecular complexity index is 335. The van der Waals surface area contributed by atoms with Crippen molar-refractivity contribution in [2.75, 3.05) is 0 Å². The van der Waals surface area contributed by atoms with Gasteiger partial charge in [-0.25, -0.2) is 0 Å². The van der Waals surface area contributed by atoms with Crippen LogP contribution < -0.4 is 0 Å². The first kappa shape index (κ1) is 10.9. The smallest absolute Gasteiger partial charge is 0.122 e. The van der Waals surface area contributed by atoms with E-state index in [1.807, 2.05) is 0 Å². The average Bonchev–Trinajstić information content (AvgIpc) is 2.74. The summed E-state index contributed by atoms with van der Waals surface area (Å²) in [7, 11) is 0. The van der Waals surface area contributed by atoms with Gasteiger partial charge < -0.3 is 4.74 Å². The SMILES string of the molecule is CC(C)(C)C1=CC=CC2(C(C)(C)C)OC12. The van der Waals surface area contributed by atoms with Crippen LogP contribution in [0.3, 0.4) is 0 Å². The number of ether oxygens (including phenoxy) is 1. The Kier molecular flexibility index (Phi) is 2.01. The van der Waals surface area contributed by atoms with Crippen LogP contribution in [0.25, 0.3) is 0 Å². The molecule has 2 unspecified atom stereocenters. The summed E-state index contributed by atoms with van der Waals surface area (Å²) in [6, 6.07) is 0. The second-order valence-electron chi connectivity index (χ2n) is 6.77. The molecule has 2 aliphatic rings. The third-order valence-electron chi connectivity index (χ3n) is 3.59. The first-order chi connectivity index (χ1) is 6.68. The average molecular weight is 206 g/mol. The summed E-state index contributed by atoms with van der Waals surface area (Å²) in [4.78, 5) is 0. The van der Waals surface area contributed by atoms with Gasteiger partial charge in [0.25, 0.3) is 0 Å². The predicted molar refractivity (Wildman–Crippen MR) is 63.7 cm³/mol. The quantitative estimate of drug-likeness (QED) is 0.550. The fourth-order valence-corrected chi connectivity index (χ4v) is 2.43. The lowest BCUT2D eigenvalue weighted by molar-refractivity contribution is 0.199. The van der Waals surface area contributed by atoms with E-state index >= 15 is 0 Å². The zero-order valence-corrected chi connectivity index (χ0v) is 10.7. The monoisotopic (exact) mass is 206 g/mol. The van der Waals surface area contributed by atoms with Gasteiger partial charge in [-0.2, -0.15) is 0 Å². The molecule has 0 bridgehead atoms. The van der Waals surface area contributed by atoms with E-state index in [1.165, 1.54) is 5.57 Å². The van der Waals surface area contributed by atoms with Crippen LogP contribution in [-0.2, 0) is 4.74 Å². The highest BCUT2D eigenvalue weighted by Crippen LogP contribution is 2.58. The predicted octanol–water partition coefficient (Wildman–Crippen LogP) is 3.71. The molecule has 2 rings (SSSR count). The van der Waals surface area contributed by atoms with E-state index in [0.29, 0.717) is 6.10 Å². The van der Waals surface area contributed by atoms with Gasteiger partial charge in [-0.3, -0.25) is 0 Å². The largest absolute Gasteiger partial charge is 0.356 e. The molecule has 1 heteroatoms. The Morgan fingerprint density at radius 3 is 2.20 bits per heavy atom. The summed E-state index contributed by atoms with van der Waals surface area (Å²) in [5, 5.41) is 0. The Morgan fingerprint density at radius 1 is 1.13 bits per heavy atom. The standard InChI is InChI=1S/C14H22O/c1-12(2,3)10-8-7-9-14(11(10)15-14)13(4,5)6/h7-9,11H,1-6H3. The van der Waals surface area contributed by atoms with E-state index < -0.39 is 0 Å². The van der Waals surface area contributed by atoms with Gasteiger partial charge >= 0.3 is 0 Å². The molecule has 0 radical (unpaired) electrons. The van der Waals surface area contributed by atoms with Crippen molar-refractivity contribution in [1.82, 2.24) is 0 Å². The van der Waals surface area contributed by atoms with Crippen molar-refractivity contribution in [2.45, 2.75) is 53.2 Å². The van der Waals surface area contributed by atoms with Crippen molar-refractivity contribution >= 4 is 0 Å². The first-order valence-corrected chi connectivity index (χ1v) is 5.76. The Balaban J connectivity index is 2.32. The summed E-state index contributed by atoms with van der Waals surface area (Å²) in [5.41, 5.74) is 1.78. The van der Waals surface area contributed by atoms with E-state index in [-0.39, 0.29) is 16.4 Å². The zero-order valence-electron chi connectivity index (χ0n) is 10.7. The number of fused-ring (bicyclic) bond motifs is 1. The third kappa shape index (κ3) is 1.48. The van der Waals surface area contributed by atoms with E-state index in [9.17, 15) is 0 Å². The van der Waals surface area contributed by atoms with Crippen molar-refractivity contribution < 1.29 is 4.74 Å². The molecule has 1 fully saturated rings. The number of allylic oxidation sites excluding steroid dienone is 2.